The molecule has 0 saturated carbocycles. The average molecular weight is 1450 g/mol. The number of ether oxygens (including phenoxy) is 2. The van der Waals surface area contributed by atoms with Crippen LogP contribution in [0.25, 0.3) is 110 Å². The highest BCUT2D eigenvalue weighted by Gasteiger charge is 2.58. The molecule has 10 heteroatoms. The normalized spacial score (nSPS) is 14.7. The molecule has 20 aromatic rings. The number of pyridine rings is 1. The van der Waals surface area contributed by atoms with E-state index in [0.717, 1.165) is 67.0 Å². The standard InChI is InChI=1S/C48H36OSi2.C29H19N3.C23H19N2O2/c1-7-19-37(20-8-1)50(38-21-9-2-10-22-38,39-23-11-3-12-24-39)43-31-33-47-45(35-43)46-36-44(32-34-48(46)49-47)51(40-25-13-4-14-26-40,41-27-15-5-16-28-41)42-29-17-6-18-30-42;1-5-14-24-20(10-1)21-11-2-6-15-25(21)31(24)28-18-9-19-29(30-28)32-26-16-7-3-12-22(26)23-13-4-8-17-27(23)32;1-13-12-25-22-20-17(16-7-4-5-8-18(16)21(22)24-13)9-6-10-19(20)23(25)26-14(2)11-15(3)27-23/h1-36H;1-19H;4-12,14H,1-3H3/q;;+1. The molecule has 7 heterocycles. The lowest BCUT2D eigenvalue weighted by Crippen LogP contribution is -2.74. The molecule has 2 unspecified atom stereocenters. The van der Waals surface area contributed by atoms with Gasteiger partial charge >= 0.3 is 5.91 Å². The number of hydrogen-bond acceptors (Lipinski definition) is 5. The van der Waals surface area contributed by atoms with Crippen LogP contribution in [0.4, 0.5) is 0 Å². The Balaban J connectivity index is 0.000000115. The van der Waals surface area contributed by atoms with Crippen molar-refractivity contribution >= 4 is 156 Å². The second-order valence-corrected chi connectivity index (χ2v) is 36.4. The minimum absolute atomic E-state index is 0.0474. The summed E-state index contributed by atoms with van der Waals surface area (Å²) in [7, 11) is -5.44. The van der Waals surface area contributed by atoms with Gasteiger partial charge in [-0.05, 0) is 134 Å². The first-order valence-corrected chi connectivity index (χ1v) is 41.8. The van der Waals surface area contributed by atoms with Crippen molar-refractivity contribution in [2.75, 3.05) is 0 Å². The van der Waals surface area contributed by atoms with E-state index in [0.29, 0.717) is 0 Å². The number of nitrogens with zero attached hydrogens (tertiary/aromatic N) is 5. The van der Waals surface area contributed by atoms with Crippen molar-refractivity contribution in [3.05, 3.63) is 405 Å². The monoisotopic (exact) mass is 1450 g/mol. The summed E-state index contributed by atoms with van der Waals surface area (Å²) in [6.45, 7) is 6.07. The summed E-state index contributed by atoms with van der Waals surface area (Å²) in [5.41, 5.74) is 10.5. The third-order valence-electron chi connectivity index (χ3n) is 22.5. The van der Waals surface area contributed by atoms with Crippen molar-refractivity contribution in [2.24, 2.45) is 0 Å². The molecular formula is C100H74N5O3Si2+. The van der Waals surface area contributed by atoms with Gasteiger partial charge in [-0.1, -0.05) is 322 Å². The number of para-hydroxylation sites is 4. The van der Waals surface area contributed by atoms with Crippen molar-refractivity contribution in [3.8, 4) is 11.6 Å². The van der Waals surface area contributed by atoms with Crippen LogP contribution in [0.3, 0.4) is 0 Å². The van der Waals surface area contributed by atoms with Gasteiger partial charge in [-0.3, -0.25) is 13.9 Å². The van der Waals surface area contributed by atoms with E-state index in [-0.39, 0.29) is 6.10 Å². The van der Waals surface area contributed by atoms with Gasteiger partial charge in [0.15, 0.2) is 22.3 Å². The number of allylic oxidation sites excluding steroid dienone is 1. The van der Waals surface area contributed by atoms with Gasteiger partial charge in [0.25, 0.3) is 0 Å². The number of fused-ring (bicyclic) bond motifs is 14. The van der Waals surface area contributed by atoms with E-state index >= 15 is 0 Å². The van der Waals surface area contributed by atoms with Gasteiger partial charge in [-0.15, -0.1) is 4.57 Å². The number of rotatable bonds is 10. The van der Waals surface area contributed by atoms with Gasteiger partial charge in [0, 0.05) is 37.7 Å². The fraction of sp³-hybridized carbons (Fsp3) is 0.0500. The van der Waals surface area contributed by atoms with Crippen LogP contribution in [-0.4, -0.2) is 41.4 Å². The Morgan fingerprint density at radius 3 is 1.09 bits per heavy atom. The predicted molar refractivity (Wildman–Crippen MR) is 458 cm³/mol. The number of aryl methyl sites for hydroxylation is 1. The summed E-state index contributed by atoms with van der Waals surface area (Å²) >= 11 is 0. The molecule has 0 saturated heterocycles. The summed E-state index contributed by atoms with van der Waals surface area (Å²) in [4.78, 5) is 10.1. The minimum atomic E-state index is -2.72. The first kappa shape index (κ1) is 66.1. The van der Waals surface area contributed by atoms with E-state index < -0.39 is 22.1 Å². The van der Waals surface area contributed by atoms with Crippen molar-refractivity contribution in [3.63, 3.8) is 0 Å². The Hall–Kier alpha value is -13.4. The van der Waals surface area contributed by atoms with Gasteiger partial charge in [-0.25, -0.2) is 9.97 Å². The van der Waals surface area contributed by atoms with E-state index in [1.807, 2.05) is 26.1 Å². The maximum Gasteiger partial charge on any atom is 0.464 e. The van der Waals surface area contributed by atoms with Crippen LogP contribution in [0, 0.1) is 6.92 Å². The molecule has 2 aliphatic heterocycles. The van der Waals surface area contributed by atoms with Crippen LogP contribution in [0.2, 0.25) is 0 Å². The lowest BCUT2D eigenvalue weighted by Gasteiger charge is -2.34. The van der Waals surface area contributed by atoms with Crippen molar-refractivity contribution in [2.45, 2.75) is 32.8 Å². The first-order valence-electron chi connectivity index (χ1n) is 37.8. The smallest absolute Gasteiger partial charge is 0.456 e. The summed E-state index contributed by atoms with van der Waals surface area (Å²) < 4.78 is 26.2. The van der Waals surface area contributed by atoms with E-state index in [4.69, 9.17) is 23.9 Å². The highest BCUT2D eigenvalue weighted by Crippen LogP contribution is 2.46. The Labute approximate surface area is 638 Å². The lowest BCUT2D eigenvalue weighted by molar-refractivity contribution is -0.822. The molecule has 0 amide bonds. The highest BCUT2D eigenvalue weighted by atomic mass is 28.3. The molecular weight excluding hydrogens is 1380 g/mol. The molecule has 1 spiro atoms. The molecule has 524 valence electrons. The molecule has 0 aliphatic carbocycles. The number of benzene rings is 15. The van der Waals surface area contributed by atoms with Crippen LogP contribution in [0.5, 0.6) is 0 Å². The predicted octanol–water partition coefficient (Wildman–Crippen LogP) is 18.1. The second-order valence-electron chi connectivity index (χ2n) is 28.8. The van der Waals surface area contributed by atoms with Gasteiger partial charge in [0.1, 0.15) is 45.3 Å². The zero-order chi connectivity index (χ0) is 73.5. The Morgan fingerprint density at radius 1 is 0.336 bits per heavy atom. The second kappa shape index (κ2) is 26.8. The zero-order valence-corrected chi connectivity index (χ0v) is 63.0. The number of furan rings is 1. The molecule has 8 nitrogen and oxygen atoms in total. The molecule has 2 atom stereocenters. The van der Waals surface area contributed by atoms with Gasteiger partial charge in [-0.2, -0.15) is 0 Å². The fourth-order valence-electron chi connectivity index (χ4n) is 18.1. The molecule has 110 heavy (non-hydrogen) atoms. The van der Waals surface area contributed by atoms with Gasteiger partial charge in [0.05, 0.1) is 33.6 Å². The van der Waals surface area contributed by atoms with Crippen LogP contribution >= 0.6 is 0 Å². The number of aromatic nitrogens is 5. The van der Waals surface area contributed by atoms with Crippen molar-refractivity contribution in [1.29, 1.82) is 0 Å². The molecule has 0 N–H and O–H groups in total. The van der Waals surface area contributed by atoms with Crippen LogP contribution in [0.15, 0.2) is 399 Å². The van der Waals surface area contributed by atoms with Crippen LogP contribution < -0.4 is 46.1 Å². The largest absolute Gasteiger partial charge is 0.464 e. The molecule has 2 aliphatic rings. The summed E-state index contributed by atoms with van der Waals surface area (Å²) in [6, 6.07) is 136. The maximum absolute atomic E-state index is 6.65. The van der Waals surface area contributed by atoms with Crippen LogP contribution in [-0.2, 0) is 15.4 Å². The zero-order valence-electron chi connectivity index (χ0n) is 61.0. The third kappa shape index (κ3) is 10.5. The molecule has 0 bridgehead atoms. The van der Waals surface area contributed by atoms with Crippen LogP contribution in [0.1, 0.15) is 25.1 Å². The summed E-state index contributed by atoms with van der Waals surface area (Å²) in [5.74, 6) is 1.73. The van der Waals surface area contributed by atoms with Crippen molar-refractivity contribution < 1.29 is 18.5 Å². The van der Waals surface area contributed by atoms with Gasteiger partial charge < -0.3 is 9.15 Å². The Morgan fingerprint density at radius 2 is 0.691 bits per heavy atom. The van der Waals surface area contributed by atoms with Crippen molar-refractivity contribution in [1.82, 2.24) is 19.1 Å². The molecule has 22 rings (SSSR count). The minimum Gasteiger partial charge on any atom is -0.456 e. The topological polar surface area (TPSA) is 71.1 Å². The highest BCUT2D eigenvalue weighted by molar-refractivity contribution is 7.20. The van der Waals surface area contributed by atoms with E-state index in [1.165, 1.54) is 101 Å². The van der Waals surface area contributed by atoms with Gasteiger partial charge in [0.2, 0.25) is 5.52 Å². The van der Waals surface area contributed by atoms with E-state index in [1.54, 1.807) is 0 Å². The first-order chi connectivity index (χ1) is 54.3. The SMILES string of the molecule is CC1=CC(C)OC2(O1)c1cccc3c4ccccc4c4nc(C)c[n+]2c4c13.c1cc(-n2c3ccccc3c3ccccc32)nc(-n2c3ccccc3c3ccccc32)c1.c1ccc([Si](c2ccccc2)(c2ccccc2)c2ccc3oc4ccc([Si](c5ccccc5)(c5ccccc5)c5ccccc5)cc4c3c2)cc1. The lowest BCUT2D eigenvalue weighted by atomic mass is 9.97. The molecule has 15 aromatic carbocycles. The fourth-order valence-corrected chi connectivity index (χ4v) is 27.7. The summed E-state index contributed by atoms with van der Waals surface area (Å²) in [5, 5.41) is 22.9. The number of hydrogen-bond donors (Lipinski definition) is 0. The van der Waals surface area contributed by atoms with E-state index in [9.17, 15) is 0 Å². The summed E-state index contributed by atoms with van der Waals surface area (Å²) in [6.07, 6.45) is 4.01. The molecule has 0 radical (unpaired) electrons. The third-order valence-corrected chi connectivity index (χ3v) is 32.1. The molecule has 0 fully saturated rings. The van der Waals surface area contributed by atoms with E-state index in [2.05, 4.69) is 397 Å². The average Bonchev–Trinajstić information content (AvgIpc) is 1.51. The maximum atomic E-state index is 6.65. The molecule has 5 aromatic heterocycles. The Bertz CT molecular complexity index is 6360. The Kier molecular flexibility index (Phi) is 16.1. The quantitative estimate of drug-likeness (QED) is 0.0590.